The molecule has 0 N–H and O–H groups in total. The van der Waals surface area contributed by atoms with Crippen molar-refractivity contribution in [2.24, 2.45) is 0 Å². The van der Waals surface area contributed by atoms with Gasteiger partial charge in [0.05, 0.1) is 17.2 Å². The first-order valence-electron chi connectivity index (χ1n) is 7.12. The van der Waals surface area contributed by atoms with Crippen molar-refractivity contribution in [3.63, 3.8) is 0 Å². The molecule has 1 aromatic carbocycles. The summed E-state index contributed by atoms with van der Waals surface area (Å²) in [7, 11) is 0. The van der Waals surface area contributed by atoms with Crippen molar-refractivity contribution in [1.82, 2.24) is 4.90 Å². The Kier molecular flexibility index (Phi) is 4.94. The lowest BCUT2D eigenvalue weighted by molar-refractivity contribution is -0.140. The second-order valence-electron chi connectivity index (χ2n) is 5.12. The Labute approximate surface area is 124 Å². The van der Waals surface area contributed by atoms with Crippen molar-refractivity contribution in [1.29, 1.82) is 5.26 Å². The summed E-state index contributed by atoms with van der Waals surface area (Å²) in [6, 6.07) is 8.13. The van der Waals surface area contributed by atoms with E-state index in [1.165, 1.54) is 12.1 Å². The van der Waals surface area contributed by atoms with Crippen LogP contribution < -0.4 is 0 Å². The number of likely N-dealkylation sites (tertiary alicyclic amines) is 1. The third kappa shape index (κ3) is 3.82. The van der Waals surface area contributed by atoms with Gasteiger partial charge in [0.25, 0.3) is 5.91 Å². The maximum absolute atomic E-state index is 12.2. The maximum atomic E-state index is 12.2. The molecule has 0 unspecified atom stereocenters. The predicted molar refractivity (Wildman–Crippen MR) is 76.5 cm³/mol. The highest BCUT2D eigenvalue weighted by Gasteiger charge is 2.25. The lowest BCUT2D eigenvalue weighted by Gasteiger charge is -2.28. The first kappa shape index (κ1) is 15.0. The third-order valence-electron chi connectivity index (χ3n) is 3.55. The van der Waals surface area contributed by atoms with E-state index in [0.717, 1.165) is 32.4 Å². The van der Waals surface area contributed by atoms with Crippen molar-refractivity contribution in [2.45, 2.75) is 32.3 Å². The number of hydrogen-bond donors (Lipinski definition) is 0. The molecule has 1 heterocycles. The number of rotatable bonds is 3. The fourth-order valence-electron chi connectivity index (χ4n) is 2.33. The Balaban J connectivity index is 1.94. The molecule has 1 amide bonds. The van der Waals surface area contributed by atoms with E-state index in [4.69, 9.17) is 10.00 Å². The summed E-state index contributed by atoms with van der Waals surface area (Å²) >= 11 is 0. The van der Waals surface area contributed by atoms with Gasteiger partial charge in [-0.3, -0.25) is 4.79 Å². The van der Waals surface area contributed by atoms with Gasteiger partial charge in [-0.15, -0.1) is 0 Å². The van der Waals surface area contributed by atoms with Crippen LogP contribution >= 0.6 is 0 Å². The number of ether oxygens (including phenoxy) is 1. The highest BCUT2D eigenvalue weighted by atomic mass is 16.5. The number of hydrogen-bond acceptors (Lipinski definition) is 4. The number of nitriles is 1. The summed E-state index contributed by atoms with van der Waals surface area (Å²) in [5.74, 6) is -0.686. The molecule has 21 heavy (non-hydrogen) atoms. The molecule has 0 saturated carbocycles. The maximum Gasteiger partial charge on any atom is 0.338 e. The molecule has 1 fully saturated rings. The molecule has 0 bridgehead atoms. The minimum Gasteiger partial charge on any atom is -0.449 e. The van der Waals surface area contributed by atoms with Crippen LogP contribution in [0.2, 0.25) is 0 Å². The Bertz CT molecular complexity index is 554. The quantitative estimate of drug-likeness (QED) is 0.798. The van der Waals surface area contributed by atoms with Gasteiger partial charge < -0.3 is 9.64 Å². The zero-order chi connectivity index (χ0) is 15.2. The van der Waals surface area contributed by atoms with Gasteiger partial charge >= 0.3 is 5.97 Å². The molecule has 0 spiro atoms. The number of amides is 1. The van der Waals surface area contributed by atoms with Crippen LogP contribution in [0.4, 0.5) is 0 Å². The average Bonchev–Trinajstić information content (AvgIpc) is 2.55. The first-order chi connectivity index (χ1) is 10.1. The van der Waals surface area contributed by atoms with Gasteiger partial charge in [-0.1, -0.05) is 0 Å². The number of carbonyl (C=O) groups excluding carboxylic acids is 2. The molecule has 1 aliphatic heterocycles. The highest BCUT2D eigenvalue weighted by Crippen LogP contribution is 2.12. The van der Waals surface area contributed by atoms with Crippen LogP contribution in [0.1, 0.15) is 42.1 Å². The Morgan fingerprint density at radius 2 is 1.81 bits per heavy atom. The first-order valence-corrected chi connectivity index (χ1v) is 7.12. The van der Waals surface area contributed by atoms with Gasteiger partial charge in [0.2, 0.25) is 0 Å². The molecule has 2 rings (SSSR count). The zero-order valence-electron chi connectivity index (χ0n) is 12.0. The number of piperidine rings is 1. The van der Waals surface area contributed by atoms with Gasteiger partial charge in [-0.05, 0) is 50.5 Å². The fourth-order valence-corrected chi connectivity index (χ4v) is 2.33. The van der Waals surface area contributed by atoms with Crippen LogP contribution in [0.15, 0.2) is 24.3 Å². The van der Waals surface area contributed by atoms with Crippen LogP contribution in [-0.4, -0.2) is 36.0 Å². The van der Waals surface area contributed by atoms with Gasteiger partial charge in [-0.2, -0.15) is 5.26 Å². The average molecular weight is 286 g/mol. The number of carbonyl (C=O) groups is 2. The summed E-state index contributed by atoms with van der Waals surface area (Å²) in [4.78, 5) is 25.9. The van der Waals surface area contributed by atoms with Gasteiger partial charge in [0.1, 0.15) is 0 Å². The third-order valence-corrected chi connectivity index (χ3v) is 3.55. The summed E-state index contributed by atoms with van der Waals surface area (Å²) in [5, 5.41) is 8.71. The minimum atomic E-state index is -0.786. The standard InChI is InChI=1S/C16H18N2O3/c1-12(15(19)18-9-3-2-4-10-18)21-16(20)14-7-5-13(11-17)6-8-14/h5-8,12H,2-4,9-10H2,1H3/t12-/m1/s1. The van der Waals surface area contributed by atoms with Crippen molar-refractivity contribution >= 4 is 11.9 Å². The largest absolute Gasteiger partial charge is 0.449 e. The van der Waals surface area contributed by atoms with Gasteiger partial charge in [0.15, 0.2) is 6.10 Å². The van der Waals surface area contributed by atoms with E-state index in [2.05, 4.69) is 0 Å². The van der Waals surface area contributed by atoms with E-state index in [-0.39, 0.29) is 5.91 Å². The Hall–Kier alpha value is -2.35. The summed E-state index contributed by atoms with van der Waals surface area (Å²) in [6.45, 7) is 3.06. The molecule has 5 nitrogen and oxygen atoms in total. The van der Waals surface area contributed by atoms with Crippen molar-refractivity contribution in [3.8, 4) is 6.07 Å². The van der Waals surface area contributed by atoms with E-state index in [1.807, 2.05) is 6.07 Å². The molecule has 1 aromatic rings. The lowest BCUT2D eigenvalue weighted by Crippen LogP contribution is -2.42. The molecule has 1 aliphatic rings. The summed E-state index contributed by atoms with van der Waals surface area (Å²) in [6.07, 6.45) is 2.36. The van der Waals surface area contributed by atoms with Gasteiger partial charge in [0, 0.05) is 13.1 Å². The van der Waals surface area contributed by atoms with Crippen LogP contribution in [0, 0.1) is 11.3 Å². The van der Waals surface area contributed by atoms with E-state index in [0.29, 0.717) is 11.1 Å². The molecule has 0 radical (unpaired) electrons. The monoisotopic (exact) mass is 286 g/mol. The summed E-state index contributed by atoms with van der Waals surface area (Å²) < 4.78 is 5.21. The molecule has 0 aromatic heterocycles. The molecular formula is C16H18N2O3. The molecule has 1 atom stereocenters. The number of nitrogens with zero attached hydrogens (tertiary/aromatic N) is 2. The molecule has 110 valence electrons. The van der Waals surface area contributed by atoms with Crippen LogP contribution in [0.3, 0.4) is 0 Å². The van der Waals surface area contributed by atoms with E-state index in [9.17, 15) is 9.59 Å². The number of esters is 1. The van der Waals surface area contributed by atoms with Crippen LogP contribution in [-0.2, 0) is 9.53 Å². The van der Waals surface area contributed by atoms with Crippen molar-refractivity contribution in [2.75, 3.05) is 13.1 Å². The molecular weight excluding hydrogens is 268 g/mol. The van der Waals surface area contributed by atoms with Crippen molar-refractivity contribution in [3.05, 3.63) is 35.4 Å². The zero-order valence-corrected chi connectivity index (χ0v) is 12.0. The number of benzene rings is 1. The second kappa shape index (κ2) is 6.89. The SMILES string of the molecule is C[C@@H](OC(=O)c1ccc(C#N)cc1)C(=O)N1CCCCC1. The van der Waals surface area contributed by atoms with Crippen LogP contribution in [0.5, 0.6) is 0 Å². The van der Waals surface area contributed by atoms with E-state index >= 15 is 0 Å². The normalized spacial score (nSPS) is 15.9. The Morgan fingerprint density at radius 3 is 2.38 bits per heavy atom. The molecule has 0 aliphatic carbocycles. The topological polar surface area (TPSA) is 70.4 Å². The van der Waals surface area contributed by atoms with Crippen molar-refractivity contribution < 1.29 is 14.3 Å². The van der Waals surface area contributed by atoms with E-state index < -0.39 is 12.1 Å². The van der Waals surface area contributed by atoms with Gasteiger partial charge in [-0.25, -0.2) is 4.79 Å². The predicted octanol–water partition coefficient (Wildman–Crippen LogP) is 2.12. The summed E-state index contributed by atoms with van der Waals surface area (Å²) in [5.41, 5.74) is 0.816. The lowest BCUT2D eigenvalue weighted by atomic mass is 10.1. The Morgan fingerprint density at radius 1 is 1.19 bits per heavy atom. The van der Waals surface area contributed by atoms with E-state index in [1.54, 1.807) is 24.0 Å². The molecule has 5 heteroatoms. The molecule has 1 saturated heterocycles. The fraction of sp³-hybridized carbons (Fsp3) is 0.438. The smallest absolute Gasteiger partial charge is 0.338 e. The van der Waals surface area contributed by atoms with Crippen LogP contribution in [0.25, 0.3) is 0 Å². The minimum absolute atomic E-state index is 0.142. The second-order valence-corrected chi connectivity index (χ2v) is 5.12. The highest BCUT2D eigenvalue weighted by molar-refractivity contribution is 5.92.